The second-order valence-electron chi connectivity index (χ2n) is 9.79. The molecule has 7 atom stereocenters. The molecule has 0 unspecified atom stereocenters. The number of fused-ring (bicyclic) bond motifs is 5. The van der Waals surface area contributed by atoms with E-state index in [1.165, 1.54) is 0 Å². The fourth-order valence-electron chi connectivity index (χ4n) is 6.90. The van der Waals surface area contributed by atoms with Gasteiger partial charge in [-0.3, -0.25) is 9.59 Å². The molecule has 0 aliphatic heterocycles. The highest BCUT2D eigenvalue weighted by atomic mass is 19.1. The lowest BCUT2D eigenvalue weighted by Crippen LogP contribution is -2.67. The first-order valence-electron chi connectivity index (χ1n) is 9.67. The average Bonchev–Trinajstić information content (AvgIpc) is 2.75. The van der Waals surface area contributed by atoms with Gasteiger partial charge >= 0.3 is 0 Å². The molecule has 4 rings (SSSR count). The van der Waals surface area contributed by atoms with Crippen molar-refractivity contribution in [3.8, 4) is 0 Å². The van der Waals surface area contributed by atoms with Crippen molar-refractivity contribution in [3.63, 3.8) is 0 Å². The lowest BCUT2D eigenvalue weighted by molar-refractivity contribution is -0.187. The molecular formula is C21H29FO3. The molecule has 3 nitrogen and oxygen atoms in total. The van der Waals surface area contributed by atoms with Crippen molar-refractivity contribution >= 4 is 11.6 Å². The Labute approximate surface area is 149 Å². The highest BCUT2D eigenvalue weighted by molar-refractivity contribution is 5.95. The Hall–Kier alpha value is -1.03. The quantitative estimate of drug-likeness (QED) is 0.725. The van der Waals surface area contributed by atoms with Gasteiger partial charge in [-0.05, 0) is 50.5 Å². The molecule has 0 aromatic rings. The summed E-state index contributed by atoms with van der Waals surface area (Å²) in [5.41, 5.74) is -3.42. The highest BCUT2D eigenvalue weighted by Gasteiger charge is 2.73. The third kappa shape index (κ3) is 1.85. The maximum atomic E-state index is 16.7. The Bertz CT molecular complexity index is 695. The maximum absolute atomic E-state index is 16.7. The zero-order valence-corrected chi connectivity index (χ0v) is 15.7. The number of aliphatic hydroxyl groups is 1. The molecule has 3 fully saturated rings. The predicted octanol–water partition coefficient (Wildman–Crippen LogP) is 3.79. The highest BCUT2D eigenvalue weighted by Crippen LogP contribution is 2.69. The molecule has 25 heavy (non-hydrogen) atoms. The Balaban J connectivity index is 1.87. The van der Waals surface area contributed by atoms with Crippen LogP contribution in [0, 0.1) is 28.6 Å². The van der Waals surface area contributed by atoms with Gasteiger partial charge in [0.05, 0.1) is 5.60 Å². The van der Waals surface area contributed by atoms with E-state index >= 15 is 4.39 Å². The topological polar surface area (TPSA) is 54.4 Å². The summed E-state index contributed by atoms with van der Waals surface area (Å²) < 4.78 is 16.7. The van der Waals surface area contributed by atoms with Crippen LogP contribution in [0.2, 0.25) is 0 Å². The van der Waals surface area contributed by atoms with Crippen LogP contribution in [0.25, 0.3) is 0 Å². The Morgan fingerprint density at radius 1 is 1.16 bits per heavy atom. The lowest BCUT2D eigenvalue weighted by Gasteiger charge is -2.61. The van der Waals surface area contributed by atoms with E-state index in [1.807, 2.05) is 20.8 Å². The van der Waals surface area contributed by atoms with E-state index in [4.69, 9.17) is 0 Å². The summed E-state index contributed by atoms with van der Waals surface area (Å²) >= 11 is 0. The second-order valence-corrected chi connectivity index (χ2v) is 9.79. The number of carbonyl (C=O) groups excluding carboxylic acids is 2. The molecule has 0 aromatic heterocycles. The number of rotatable bonds is 0. The second kappa shape index (κ2) is 4.82. The molecule has 4 aliphatic rings. The summed E-state index contributed by atoms with van der Waals surface area (Å²) in [5, 5.41) is 10.9. The molecule has 3 saturated carbocycles. The van der Waals surface area contributed by atoms with Crippen molar-refractivity contribution in [1.29, 1.82) is 0 Å². The number of Topliss-reactive ketones (excluding diaryl/α,β-unsaturated/α-hetero) is 1. The van der Waals surface area contributed by atoms with Crippen LogP contribution in [-0.2, 0) is 9.59 Å². The molecule has 0 heterocycles. The van der Waals surface area contributed by atoms with Crippen LogP contribution in [0.4, 0.5) is 4.39 Å². The normalized spacial score (nSPS) is 55.3. The minimum atomic E-state index is -1.91. The molecule has 0 bridgehead atoms. The molecule has 0 saturated heterocycles. The fourth-order valence-corrected chi connectivity index (χ4v) is 6.90. The number of hydrogen-bond acceptors (Lipinski definition) is 3. The summed E-state index contributed by atoms with van der Waals surface area (Å²) in [5.74, 6) is -0.545. The van der Waals surface area contributed by atoms with Gasteiger partial charge in [0.2, 0.25) is 0 Å². The molecule has 1 N–H and O–H groups in total. The average molecular weight is 348 g/mol. The van der Waals surface area contributed by atoms with Gasteiger partial charge < -0.3 is 5.11 Å². The van der Waals surface area contributed by atoms with Crippen LogP contribution < -0.4 is 0 Å². The minimum absolute atomic E-state index is 0.0173. The van der Waals surface area contributed by atoms with Crippen molar-refractivity contribution in [2.24, 2.45) is 28.6 Å². The van der Waals surface area contributed by atoms with Crippen LogP contribution in [0.3, 0.4) is 0 Å². The van der Waals surface area contributed by atoms with E-state index in [0.717, 1.165) is 12.0 Å². The molecule has 0 aromatic carbocycles. The van der Waals surface area contributed by atoms with Crippen molar-refractivity contribution < 1.29 is 19.1 Å². The van der Waals surface area contributed by atoms with Gasteiger partial charge in [-0.2, -0.15) is 0 Å². The first kappa shape index (κ1) is 17.4. The van der Waals surface area contributed by atoms with Gasteiger partial charge in [0.1, 0.15) is 0 Å². The van der Waals surface area contributed by atoms with Crippen LogP contribution in [-0.4, -0.2) is 27.9 Å². The lowest BCUT2D eigenvalue weighted by atomic mass is 9.43. The van der Waals surface area contributed by atoms with Gasteiger partial charge in [-0.15, -0.1) is 0 Å². The Morgan fingerprint density at radius 3 is 2.52 bits per heavy atom. The molecule has 0 spiro atoms. The van der Waals surface area contributed by atoms with Gasteiger partial charge in [0.15, 0.2) is 17.2 Å². The third-order valence-corrected chi connectivity index (χ3v) is 8.69. The van der Waals surface area contributed by atoms with E-state index in [0.29, 0.717) is 25.7 Å². The molecule has 4 aliphatic carbocycles. The first-order valence-corrected chi connectivity index (χ1v) is 9.67. The molecular weight excluding hydrogens is 319 g/mol. The van der Waals surface area contributed by atoms with Gasteiger partial charge in [0, 0.05) is 29.6 Å². The molecule has 0 radical (unpaired) electrons. The standard InChI is InChI=1S/C21H29FO3/c1-12-9-16-14-6-8-20(4,25)19(14,3)11-17(24)21(16,22)18(2)7-5-13(23)10-15(12)18/h10,12,14,16,25H,5-9,11H2,1-4H3/t12-,14+,16+,18+,19+,20+,21+/m1/s1. The van der Waals surface area contributed by atoms with Crippen LogP contribution in [0.1, 0.15) is 66.2 Å². The summed E-state index contributed by atoms with van der Waals surface area (Å²) in [7, 11) is 0. The number of halogens is 1. The monoisotopic (exact) mass is 348 g/mol. The first-order chi connectivity index (χ1) is 11.5. The molecule has 0 amide bonds. The minimum Gasteiger partial charge on any atom is -0.390 e. The van der Waals surface area contributed by atoms with Crippen molar-refractivity contribution in [3.05, 3.63) is 11.6 Å². The van der Waals surface area contributed by atoms with Gasteiger partial charge in [-0.25, -0.2) is 4.39 Å². The van der Waals surface area contributed by atoms with Crippen molar-refractivity contribution in [1.82, 2.24) is 0 Å². The van der Waals surface area contributed by atoms with E-state index < -0.39 is 22.1 Å². The SMILES string of the molecule is C[C@@H]1C[C@H]2[C@@H]3CC[C@](C)(O)[C@@]3(C)CC(=O)[C@]2(F)[C@@]2(C)CCC(=O)C=C12. The number of ketones is 2. The van der Waals surface area contributed by atoms with Crippen molar-refractivity contribution in [2.45, 2.75) is 77.5 Å². The number of carbonyl (C=O) groups is 2. The zero-order valence-electron chi connectivity index (χ0n) is 15.7. The Kier molecular flexibility index (Phi) is 3.35. The van der Waals surface area contributed by atoms with Crippen LogP contribution in [0.15, 0.2) is 11.6 Å². The molecule has 4 heteroatoms. The zero-order chi connectivity index (χ0) is 18.4. The fraction of sp³-hybridized carbons (Fsp3) is 0.810. The number of alkyl halides is 1. The summed E-state index contributed by atoms with van der Waals surface area (Å²) in [6, 6.07) is 0. The Morgan fingerprint density at radius 2 is 1.84 bits per heavy atom. The van der Waals surface area contributed by atoms with E-state index in [9.17, 15) is 14.7 Å². The summed E-state index contributed by atoms with van der Waals surface area (Å²) in [6.07, 6.45) is 4.45. The molecule has 138 valence electrons. The van der Waals surface area contributed by atoms with Crippen molar-refractivity contribution in [2.75, 3.05) is 0 Å². The van der Waals surface area contributed by atoms with Gasteiger partial charge in [0.25, 0.3) is 0 Å². The largest absolute Gasteiger partial charge is 0.390 e. The van der Waals surface area contributed by atoms with Gasteiger partial charge in [-0.1, -0.05) is 26.3 Å². The maximum Gasteiger partial charge on any atom is 0.180 e. The third-order valence-electron chi connectivity index (χ3n) is 8.69. The van der Waals surface area contributed by atoms with Crippen LogP contribution in [0.5, 0.6) is 0 Å². The van der Waals surface area contributed by atoms with E-state index in [1.54, 1.807) is 6.08 Å². The van der Waals surface area contributed by atoms with Crippen LogP contribution >= 0.6 is 0 Å². The van der Waals surface area contributed by atoms with E-state index in [2.05, 4.69) is 6.92 Å². The smallest absolute Gasteiger partial charge is 0.180 e. The number of allylic oxidation sites excluding steroid dienone is 1. The number of hydrogen-bond donors (Lipinski definition) is 1. The predicted molar refractivity (Wildman–Crippen MR) is 92.6 cm³/mol. The van der Waals surface area contributed by atoms with E-state index in [-0.39, 0.29) is 35.7 Å². The summed E-state index contributed by atoms with van der Waals surface area (Å²) in [6.45, 7) is 7.71. The summed E-state index contributed by atoms with van der Waals surface area (Å²) in [4.78, 5) is 25.2.